The van der Waals surface area contributed by atoms with Crippen LogP contribution in [0.2, 0.25) is 0 Å². The Kier molecular flexibility index (Phi) is 5.12. The van der Waals surface area contributed by atoms with Crippen LogP contribution >= 0.6 is 0 Å². The number of aromatic nitrogens is 1. The molecular weight excluding hydrogens is 330 g/mol. The van der Waals surface area contributed by atoms with E-state index in [1.165, 1.54) is 0 Å². The normalized spacial score (nSPS) is 10.4. The van der Waals surface area contributed by atoms with E-state index >= 15 is 0 Å². The lowest BCUT2D eigenvalue weighted by Gasteiger charge is -2.16. The van der Waals surface area contributed by atoms with Gasteiger partial charge in [-0.3, -0.25) is 9.59 Å². The second-order valence-corrected chi connectivity index (χ2v) is 5.99. The maximum atomic E-state index is 12.5. The summed E-state index contributed by atoms with van der Waals surface area (Å²) in [5.41, 5.74) is 2.44. The highest BCUT2D eigenvalue weighted by molar-refractivity contribution is 6.04. The van der Waals surface area contributed by atoms with Crippen LogP contribution in [-0.4, -0.2) is 28.9 Å². The van der Waals surface area contributed by atoms with E-state index in [0.717, 1.165) is 0 Å². The fraction of sp³-hybridized carbons (Fsp3) is 0.150. The van der Waals surface area contributed by atoms with Crippen molar-refractivity contribution < 1.29 is 14.1 Å². The van der Waals surface area contributed by atoms with Crippen LogP contribution in [0, 0.1) is 6.92 Å². The van der Waals surface area contributed by atoms with Crippen LogP contribution in [0.25, 0.3) is 0 Å². The van der Waals surface area contributed by atoms with Crippen LogP contribution in [0.5, 0.6) is 0 Å². The van der Waals surface area contributed by atoms with E-state index in [-0.39, 0.29) is 11.8 Å². The number of anilines is 1. The third-order valence-electron chi connectivity index (χ3n) is 3.85. The summed E-state index contributed by atoms with van der Waals surface area (Å²) in [6.45, 7) is 2.17. The largest absolute Gasteiger partial charge is 0.361 e. The van der Waals surface area contributed by atoms with Crippen molar-refractivity contribution in [1.29, 1.82) is 0 Å². The van der Waals surface area contributed by atoms with E-state index in [4.69, 9.17) is 4.52 Å². The van der Waals surface area contributed by atoms with Gasteiger partial charge in [-0.25, -0.2) is 0 Å². The monoisotopic (exact) mass is 349 g/mol. The van der Waals surface area contributed by atoms with Crippen LogP contribution in [0.3, 0.4) is 0 Å². The number of hydrogen-bond donors (Lipinski definition) is 1. The molecule has 0 spiro atoms. The Morgan fingerprint density at radius 1 is 1.04 bits per heavy atom. The first-order valence-electron chi connectivity index (χ1n) is 8.17. The first-order valence-corrected chi connectivity index (χ1v) is 8.17. The molecule has 2 amide bonds. The number of aryl methyl sites for hydroxylation is 1. The topological polar surface area (TPSA) is 75.4 Å². The van der Waals surface area contributed by atoms with Crippen molar-refractivity contribution in [2.24, 2.45) is 0 Å². The molecular formula is C20H19N3O3. The molecule has 0 radical (unpaired) electrons. The van der Waals surface area contributed by atoms with Crippen LogP contribution in [0.15, 0.2) is 65.2 Å². The molecule has 6 nitrogen and oxygen atoms in total. The Balaban J connectivity index is 1.63. The number of nitrogens with one attached hydrogen (secondary N) is 1. The molecule has 1 N–H and O–H groups in total. The summed E-state index contributed by atoms with van der Waals surface area (Å²) in [6, 6.07) is 17.6. The molecule has 26 heavy (non-hydrogen) atoms. The Bertz CT molecular complexity index is 902. The molecule has 0 bridgehead atoms. The quantitative estimate of drug-likeness (QED) is 0.765. The molecule has 0 aliphatic carbocycles. The number of rotatable bonds is 5. The minimum atomic E-state index is -0.191. The zero-order chi connectivity index (χ0) is 18.5. The molecule has 0 saturated heterocycles. The van der Waals surface area contributed by atoms with Gasteiger partial charge in [-0.1, -0.05) is 23.4 Å². The highest BCUT2D eigenvalue weighted by atomic mass is 16.5. The van der Waals surface area contributed by atoms with Gasteiger partial charge in [-0.05, 0) is 43.3 Å². The van der Waals surface area contributed by atoms with Crippen LogP contribution in [0.1, 0.15) is 32.2 Å². The molecule has 0 fully saturated rings. The fourth-order valence-electron chi connectivity index (χ4n) is 2.52. The predicted octanol–water partition coefficient (Wildman–Crippen LogP) is 3.51. The second kappa shape index (κ2) is 7.65. The molecule has 0 unspecified atom stereocenters. The van der Waals surface area contributed by atoms with Crippen molar-refractivity contribution in [2.45, 2.75) is 13.5 Å². The van der Waals surface area contributed by atoms with Crippen molar-refractivity contribution >= 4 is 17.5 Å². The second-order valence-electron chi connectivity index (χ2n) is 5.99. The predicted molar refractivity (Wildman–Crippen MR) is 97.9 cm³/mol. The Labute approximate surface area is 151 Å². The first kappa shape index (κ1) is 17.4. The Morgan fingerprint density at radius 3 is 2.35 bits per heavy atom. The van der Waals surface area contributed by atoms with E-state index in [1.54, 1.807) is 61.3 Å². The van der Waals surface area contributed by atoms with Crippen LogP contribution in [0.4, 0.5) is 5.69 Å². The minimum absolute atomic E-state index is 0.133. The third kappa shape index (κ3) is 4.16. The standard InChI is InChI=1S/C20H19N3O3/c1-14-12-18(22-26-14)13-23(2)20(25)16-8-10-17(11-9-16)21-19(24)15-6-4-3-5-7-15/h3-12H,13H2,1-2H3,(H,21,24). The van der Waals surface area contributed by atoms with Crippen molar-refractivity contribution in [3.63, 3.8) is 0 Å². The SMILES string of the molecule is Cc1cc(CN(C)C(=O)c2ccc(NC(=O)c3ccccc3)cc2)no1. The number of benzene rings is 2. The van der Waals surface area contributed by atoms with E-state index in [9.17, 15) is 9.59 Å². The summed E-state index contributed by atoms with van der Waals surface area (Å²) in [7, 11) is 1.71. The first-order chi connectivity index (χ1) is 12.5. The Hall–Kier alpha value is -3.41. The smallest absolute Gasteiger partial charge is 0.255 e. The molecule has 0 aliphatic rings. The molecule has 0 saturated carbocycles. The molecule has 0 aliphatic heterocycles. The highest BCUT2D eigenvalue weighted by Crippen LogP contribution is 2.14. The maximum absolute atomic E-state index is 12.5. The minimum Gasteiger partial charge on any atom is -0.361 e. The molecule has 3 rings (SSSR count). The fourth-order valence-corrected chi connectivity index (χ4v) is 2.52. The van der Waals surface area contributed by atoms with Gasteiger partial charge in [-0.2, -0.15) is 0 Å². The van der Waals surface area contributed by atoms with Crippen LogP contribution in [-0.2, 0) is 6.54 Å². The van der Waals surface area contributed by atoms with Gasteiger partial charge in [0.05, 0.1) is 6.54 Å². The summed E-state index contributed by atoms with van der Waals surface area (Å²) in [4.78, 5) is 26.2. The molecule has 1 heterocycles. The summed E-state index contributed by atoms with van der Waals surface area (Å²) < 4.78 is 5.01. The van der Waals surface area contributed by atoms with E-state index < -0.39 is 0 Å². The number of amides is 2. The zero-order valence-electron chi connectivity index (χ0n) is 14.6. The molecule has 1 aromatic heterocycles. The summed E-state index contributed by atoms with van der Waals surface area (Å²) in [5.74, 6) is 0.383. The molecule has 0 atom stereocenters. The highest BCUT2D eigenvalue weighted by Gasteiger charge is 2.14. The van der Waals surface area contributed by atoms with Gasteiger partial charge in [-0.15, -0.1) is 0 Å². The number of nitrogens with zero attached hydrogens (tertiary/aromatic N) is 2. The van der Waals surface area contributed by atoms with Gasteiger partial charge in [0.2, 0.25) is 0 Å². The van der Waals surface area contributed by atoms with Gasteiger partial charge < -0.3 is 14.7 Å². The lowest BCUT2D eigenvalue weighted by molar-refractivity contribution is 0.0782. The number of carbonyl (C=O) groups is 2. The molecule has 6 heteroatoms. The van der Waals surface area contributed by atoms with Crippen LogP contribution < -0.4 is 5.32 Å². The lowest BCUT2D eigenvalue weighted by atomic mass is 10.1. The van der Waals surface area contributed by atoms with E-state index in [1.807, 2.05) is 18.2 Å². The number of hydrogen-bond acceptors (Lipinski definition) is 4. The van der Waals surface area contributed by atoms with Crippen molar-refractivity contribution in [2.75, 3.05) is 12.4 Å². The number of carbonyl (C=O) groups excluding carboxylic acids is 2. The maximum Gasteiger partial charge on any atom is 0.255 e. The van der Waals surface area contributed by atoms with Gasteiger partial charge >= 0.3 is 0 Å². The average molecular weight is 349 g/mol. The molecule has 3 aromatic rings. The summed E-state index contributed by atoms with van der Waals surface area (Å²) >= 11 is 0. The Morgan fingerprint density at radius 2 is 1.73 bits per heavy atom. The summed E-state index contributed by atoms with van der Waals surface area (Å²) in [6.07, 6.45) is 0. The van der Waals surface area contributed by atoms with E-state index in [0.29, 0.717) is 34.8 Å². The van der Waals surface area contributed by atoms with Gasteiger partial charge in [0, 0.05) is 29.9 Å². The molecule has 132 valence electrons. The average Bonchev–Trinajstić information content (AvgIpc) is 3.07. The zero-order valence-corrected chi connectivity index (χ0v) is 14.6. The summed E-state index contributed by atoms with van der Waals surface area (Å²) in [5, 5.41) is 6.70. The van der Waals surface area contributed by atoms with Crippen molar-refractivity contribution in [3.8, 4) is 0 Å². The van der Waals surface area contributed by atoms with Crippen molar-refractivity contribution in [3.05, 3.63) is 83.2 Å². The van der Waals surface area contributed by atoms with Gasteiger partial charge in [0.1, 0.15) is 11.5 Å². The molecule has 2 aromatic carbocycles. The third-order valence-corrected chi connectivity index (χ3v) is 3.85. The van der Waals surface area contributed by atoms with Gasteiger partial charge in [0.25, 0.3) is 11.8 Å². The van der Waals surface area contributed by atoms with Crippen molar-refractivity contribution in [1.82, 2.24) is 10.1 Å². The van der Waals surface area contributed by atoms with E-state index in [2.05, 4.69) is 10.5 Å². The lowest BCUT2D eigenvalue weighted by Crippen LogP contribution is -2.26. The van der Waals surface area contributed by atoms with Gasteiger partial charge in [0.15, 0.2) is 0 Å².